The molecule has 0 amide bonds. The second-order valence-corrected chi connectivity index (χ2v) is 27.5. The van der Waals surface area contributed by atoms with E-state index in [1.807, 2.05) is 36.7 Å². The van der Waals surface area contributed by atoms with Gasteiger partial charge in [-0.3, -0.25) is 15.0 Å². The molecule has 0 bridgehead atoms. The Kier molecular flexibility index (Phi) is 17.1. The SMILES string of the molecule is CC(C)(C)Cc1cc(-c2ccccc2)ncc1[Si](C)(C)C.CC(C)(C)Cc1ccnc(-c2ccccc2)c1.[Ir].c1ccc(-c2ccc3c(c2)oc2ccc(-c4cc(C5CCCCC5)ccn4)cc23)cc1. The van der Waals surface area contributed by atoms with Crippen molar-refractivity contribution in [2.24, 2.45) is 10.8 Å². The third-order valence-corrected chi connectivity index (χ3v) is 15.0. The molecule has 0 unspecified atom stereocenters. The van der Waals surface area contributed by atoms with Crippen molar-refractivity contribution in [3.05, 3.63) is 193 Å². The predicted octanol–water partition coefficient (Wildman–Crippen LogP) is 17.6. The minimum atomic E-state index is -1.36. The number of hydrogen-bond acceptors (Lipinski definition) is 4. The van der Waals surface area contributed by atoms with Gasteiger partial charge in [0.2, 0.25) is 0 Å². The van der Waals surface area contributed by atoms with Crippen molar-refractivity contribution in [2.75, 3.05) is 0 Å². The molecule has 361 valence electrons. The van der Waals surface area contributed by atoms with Crippen LogP contribution >= 0.6 is 0 Å². The van der Waals surface area contributed by atoms with E-state index in [0.717, 1.165) is 57.4 Å². The summed E-state index contributed by atoms with van der Waals surface area (Å²) in [6.07, 6.45) is 14.9. The monoisotopic (exact) mass is 1120 g/mol. The molecule has 10 rings (SSSR count). The summed E-state index contributed by atoms with van der Waals surface area (Å²) in [4.78, 5) is 13.9. The average Bonchev–Trinajstić information content (AvgIpc) is 3.72. The molecule has 1 saturated carbocycles. The Balaban J connectivity index is 0.000000163. The Hall–Kier alpha value is -5.78. The zero-order chi connectivity index (χ0) is 48.6. The van der Waals surface area contributed by atoms with Crippen LogP contribution in [0.15, 0.2) is 181 Å². The molecule has 4 heterocycles. The zero-order valence-corrected chi connectivity index (χ0v) is 46.2. The molecule has 0 atom stereocenters. The fourth-order valence-corrected chi connectivity index (χ4v) is 11.2. The maximum absolute atomic E-state index is 6.20. The summed E-state index contributed by atoms with van der Waals surface area (Å²) in [5.41, 5.74) is 15.9. The van der Waals surface area contributed by atoms with Gasteiger partial charge in [-0.15, -0.1) is 0 Å². The maximum atomic E-state index is 6.20. The third kappa shape index (κ3) is 14.0. The Morgan fingerprint density at radius 3 is 1.64 bits per heavy atom. The molecule has 0 saturated heterocycles. The largest absolute Gasteiger partial charge is 0.456 e. The molecule has 4 aromatic heterocycles. The van der Waals surface area contributed by atoms with Crippen molar-refractivity contribution >= 4 is 35.2 Å². The molecule has 1 radical (unpaired) electrons. The Morgan fingerprint density at radius 1 is 0.486 bits per heavy atom. The van der Waals surface area contributed by atoms with Crippen LogP contribution in [0, 0.1) is 10.8 Å². The molecule has 4 nitrogen and oxygen atoms in total. The number of furan rings is 1. The molecule has 6 heteroatoms. The molecule has 0 N–H and O–H groups in total. The number of nitrogens with zero attached hydrogens (tertiary/aromatic N) is 3. The first kappa shape index (κ1) is 52.1. The van der Waals surface area contributed by atoms with Crippen LogP contribution in [0.25, 0.3) is 66.8 Å². The van der Waals surface area contributed by atoms with E-state index < -0.39 is 8.07 Å². The average molecular weight is 1120 g/mol. The van der Waals surface area contributed by atoms with Gasteiger partial charge >= 0.3 is 0 Å². The van der Waals surface area contributed by atoms with E-state index in [2.05, 4.69) is 206 Å². The quantitative estimate of drug-likeness (QED) is 0.142. The van der Waals surface area contributed by atoms with E-state index in [1.54, 1.807) is 0 Å². The second kappa shape index (κ2) is 23.0. The molecular formula is C64H71IrN3OSi. The molecule has 1 aliphatic carbocycles. The topological polar surface area (TPSA) is 51.8 Å². The smallest absolute Gasteiger partial charge is 0.136 e. The van der Waals surface area contributed by atoms with Crippen molar-refractivity contribution in [2.45, 2.75) is 112 Å². The molecule has 1 aliphatic rings. The molecule has 9 aromatic rings. The second-order valence-electron chi connectivity index (χ2n) is 22.4. The number of fused-ring (bicyclic) bond motifs is 3. The standard InChI is InChI=1S/C29H25NO.C19H27NSi.C16H19N.Ir/c1-3-7-20(8-4-1)22-11-13-25-26-17-24(12-14-28(26)31-29(25)19-22)27-18-23(15-16-30-27)21-9-5-2-6-10-21;1-19(2,3)13-16-12-17(15-10-8-7-9-11-15)20-14-18(16)21(4,5)6;1-16(2,3)12-13-9-10-17-15(11-13)14-7-5-4-6-8-14;/h1,3-4,7-8,11-19,21H,2,5-6,9-10H2;7-12,14H,13H2,1-6H3;4-11H,12H2,1-3H3;. The van der Waals surface area contributed by atoms with Gasteiger partial charge in [0.25, 0.3) is 0 Å². The van der Waals surface area contributed by atoms with Crippen molar-refractivity contribution in [3.8, 4) is 44.9 Å². The summed E-state index contributed by atoms with van der Waals surface area (Å²) in [7, 11) is -1.36. The number of aromatic nitrogens is 3. The minimum Gasteiger partial charge on any atom is -0.456 e. The van der Waals surface area contributed by atoms with Gasteiger partial charge in [0.15, 0.2) is 0 Å². The van der Waals surface area contributed by atoms with Crippen LogP contribution in [0.5, 0.6) is 0 Å². The van der Waals surface area contributed by atoms with Crippen LogP contribution in [-0.4, -0.2) is 23.0 Å². The van der Waals surface area contributed by atoms with Gasteiger partial charge in [-0.1, -0.05) is 178 Å². The van der Waals surface area contributed by atoms with Crippen LogP contribution in [0.2, 0.25) is 19.6 Å². The molecule has 0 spiro atoms. The molecule has 70 heavy (non-hydrogen) atoms. The van der Waals surface area contributed by atoms with Gasteiger partial charge in [0.1, 0.15) is 11.2 Å². The number of pyridine rings is 3. The van der Waals surface area contributed by atoms with Crippen molar-refractivity contribution < 1.29 is 24.5 Å². The first-order valence-electron chi connectivity index (χ1n) is 25.1. The fraction of sp³-hybridized carbons (Fsp3) is 0.297. The van der Waals surface area contributed by atoms with Gasteiger partial charge in [0.05, 0.1) is 25.2 Å². The van der Waals surface area contributed by atoms with Crippen molar-refractivity contribution in [3.63, 3.8) is 0 Å². The van der Waals surface area contributed by atoms with Gasteiger partial charge in [-0.2, -0.15) is 0 Å². The van der Waals surface area contributed by atoms with Gasteiger partial charge in [0, 0.05) is 66.2 Å². The van der Waals surface area contributed by atoms with E-state index in [4.69, 9.17) is 14.4 Å². The van der Waals surface area contributed by atoms with Crippen LogP contribution in [-0.2, 0) is 32.9 Å². The van der Waals surface area contributed by atoms with Crippen molar-refractivity contribution in [1.29, 1.82) is 0 Å². The zero-order valence-electron chi connectivity index (χ0n) is 42.9. The summed E-state index contributed by atoms with van der Waals surface area (Å²) in [5, 5.41) is 3.80. The Morgan fingerprint density at radius 2 is 1.04 bits per heavy atom. The Labute approximate surface area is 432 Å². The predicted molar refractivity (Wildman–Crippen MR) is 297 cm³/mol. The normalized spacial score (nSPS) is 13.2. The van der Waals surface area contributed by atoms with Crippen LogP contribution < -0.4 is 5.19 Å². The van der Waals surface area contributed by atoms with Crippen LogP contribution in [0.3, 0.4) is 0 Å². The number of hydrogen-bond donors (Lipinski definition) is 0. The van der Waals surface area contributed by atoms with E-state index in [-0.39, 0.29) is 20.1 Å². The first-order chi connectivity index (χ1) is 33.1. The molecule has 5 aromatic carbocycles. The van der Waals surface area contributed by atoms with E-state index in [9.17, 15) is 0 Å². The van der Waals surface area contributed by atoms with E-state index >= 15 is 0 Å². The summed E-state index contributed by atoms with van der Waals surface area (Å²) in [5.74, 6) is 0.686. The molecule has 0 aliphatic heterocycles. The van der Waals surface area contributed by atoms with Crippen LogP contribution in [0.4, 0.5) is 0 Å². The van der Waals surface area contributed by atoms with E-state index in [1.165, 1.54) is 76.2 Å². The summed E-state index contributed by atoms with van der Waals surface area (Å²) < 4.78 is 6.20. The first-order valence-corrected chi connectivity index (χ1v) is 28.6. The summed E-state index contributed by atoms with van der Waals surface area (Å²) in [6, 6.07) is 55.3. The minimum absolute atomic E-state index is 0. The summed E-state index contributed by atoms with van der Waals surface area (Å²) in [6.45, 7) is 20.9. The van der Waals surface area contributed by atoms with E-state index in [0.29, 0.717) is 16.7 Å². The fourth-order valence-electron chi connectivity index (χ4n) is 9.66. The Bertz CT molecular complexity index is 3080. The van der Waals surface area contributed by atoms with Gasteiger partial charge in [-0.25, -0.2) is 0 Å². The number of benzene rings is 5. The van der Waals surface area contributed by atoms with Crippen LogP contribution in [0.1, 0.15) is 96.3 Å². The molecule has 1 fully saturated rings. The maximum Gasteiger partial charge on any atom is 0.136 e. The van der Waals surface area contributed by atoms with Crippen molar-refractivity contribution in [1.82, 2.24) is 15.0 Å². The number of rotatable bonds is 8. The molecular weight excluding hydrogens is 1050 g/mol. The van der Waals surface area contributed by atoms with Gasteiger partial charge < -0.3 is 4.42 Å². The van der Waals surface area contributed by atoms with Gasteiger partial charge in [-0.05, 0) is 136 Å². The summed E-state index contributed by atoms with van der Waals surface area (Å²) >= 11 is 0. The third-order valence-electron chi connectivity index (χ3n) is 13.0.